The van der Waals surface area contributed by atoms with E-state index in [9.17, 15) is 18.3 Å². The van der Waals surface area contributed by atoms with Gasteiger partial charge in [0, 0.05) is 36.8 Å². The van der Waals surface area contributed by atoms with Crippen LogP contribution in [0.25, 0.3) is 11.0 Å². The minimum Gasteiger partial charge on any atom is -0.481 e. The Kier molecular flexibility index (Phi) is 6.47. The Morgan fingerprint density at radius 3 is 2.55 bits per heavy atom. The number of pyridine rings is 1. The molecule has 1 aromatic carbocycles. The highest BCUT2D eigenvalue weighted by molar-refractivity contribution is 7.89. The molecule has 6 rings (SSSR count). The van der Waals surface area contributed by atoms with Gasteiger partial charge in [0.05, 0.1) is 17.7 Å². The molecule has 1 N–H and O–H groups in total. The van der Waals surface area contributed by atoms with Crippen molar-refractivity contribution in [2.24, 2.45) is 12.5 Å². The smallest absolute Gasteiger partial charge is 0.310 e. The van der Waals surface area contributed by atoms with Crippen LogP contribution in [0.5, 0.6) is 5.88 Å². The number of sulfonamides is 1. The number of hydrogen-bond donors (Lipinski definition) is 1. The second-order valence-electron chi connectivity index (χ2n) is 12.4. The summed E-state index contributed by atoms with van der Waals surface area (Å²) in [5, 5.41) is 19.8. The lowest BCUT2D eigenvalue weighted by Crippen LogP contribution is -2.38. The van der Waals surface area contributed by atoms with Crippen LogP contribution in [0.4, 0.5) is 0 Å². The first-order chi connectivity index (χ1) is 19.7. The number of carbonyl (C=O) groups is 1. The van der Waals surface area contributed by atoms with Crippen LogP contribution in [0.15, 0.2) is 47.5 Å². The van der Waals surface area contributed by atoms with Gasteiger partial charge in [-0.1, -0.05) is 18.2 Å². The standard InChI is InChI=1S/C31H35N5O5S/c1-18-11-25-28(32-15-18)41-31(9-10-31)17-36(42(25,39)40)16-23-13-21(8-7-19(23)2)26(30(4,5)29(37)38)24-14-22-12-20(3)33-34-27(22)35(24)6/h7-8,11-15,26H,9-10,16-17H2,1-6H3,(H,37,38). The van der Waals surface area contributed by atoms with Crippen molar-refractivity contribution in [3.05, 3.63) is 76.2 Å². The van der Waals surface area contributed by atoms with Crippen molar-refractivity contribution in [2.45, 2.75) is 70.4 Å². The van der Waals surface area contributed by atoms with Gasteiger partial charge in [-0.25, -0.2) is 13.4 Å². The predicted molar refractivity (Wildman–Crippen MR) is 157 cm³/mol. The number of rotatable bonds is 6. The van der Waals surface area contributed by atoms with Crippen LogP contribution < -0.4 is 4.74 Å². The van der Waals surface area contributed by atoms with E-state index < -0.39 is 32.9 Å². The lowest BCUT2D eigenvalue weighted by molar-refractivity contribution is -0.147. The van der Waals surface area contributed by atoms with Crippen molar-refractivity contribution in [3.63, 3.8) is 0 Å². The summed E-state index contributed by atoms with van der Waals surface area (Å²) in [4.78, 5) is 17.1. The van der Waals surface area contributed by atoms with Crippen LogP contribution in [-0.2, 0) is 28.4 Å². The predicted octanol–water partition coefficient (Wildman–Crippen LogP) is 4.65. The third-order valence-corrected chi connectivity index (χ3v) is 10.5. The van der Waals surface area contributed by atoms with Crippen molar-refractivity contribution in [1.29, 1.82) is 0 Å². The Balaban J connectivity index is 1.46. The first kappa shape index (κ1) is 28.3. The zero-order chi connectivity index (χ0) is 30.2. The number of aryl methyl sites for hydroxylation is 4. The number of ether oxygens (including phenoxy) is 1. The molecular weight excluding hydrogens is 554 g/mol. The maximum atomic E-state index is 14.0. The van der Waals surface area contributed by atoms with Crippen LogP contribution >= 0.6 is 0 Å². The van der Waals surface area contributed by atoms with Gasteiger partial charge in [-0.2, -0.15) is 9.40 Å². The summed E-state index contributed by atoms with van der Waals surface area (Å²) in [7, 11) is -2.04. The van der Waals surface area contributed by atoms with Crippen LogP contribution in [0.1, 0.15) is 66.2 Å². The summed E-state index contributed by atoms with van der Waals surface area (Å²) < 4.78 is 37.5. The van der Waals surface area contributed by atoms with Crippen molar-refractivity contribution in [3.8, 4) is 5.88 Å². The monoisotopic (exact) mass is 589 g/mol. The Morgan fingerprint density at radius 2 is 1.86 bits per heavy atom. The number of benzene rings is 1. The second kappa shape index (κ2) is 9.60. The molecule has 4 heterocycles. The van der Waals surface area contributed by atoms with Gasteiger partial charge in [0.2, 0.25) is 15.9 Å². The van der Waals surface area contributed by atoms with Crippen molar-refractivity contribution < 1.29 is 23.1 Å². The third-order valence-electron chi connectivity index (χ3n) is 8.71. The average molecular weight is 590 g/mol. The Bertz CT molecular complexity index is 1860. The van der Waals surface area contributed by atoms with E-state index in [2.05, 4.69) is 15.2 Å². The Hall–Kier alpha value is -3.83. The molecule has 220 valence electrons. The maximum Gasteiger partial charge on any atom is 0.310 e. The van der Waals surface area contributed by atoms with Crippen molar-refractivity contribution in [2.75, 3.05) is 6.54 Å². The van der Waals surface area contributed by atoms with Gasteiger partial charge in [-0.3, -0.25) is 4.79 Å². The van der Waals surface area contributed by atoms with E-state index in [0.29, 0.717) is 5.65 Å². The fraction of sp³-hybridized carbons (Fsp3) is 0.419. The van der Waals surface area contributed by atoms with Gasteiger partial charge in [-0.05, 0) is 87.9 Å². The molecule has 3 aromatic heterocycles. The van der Waals surface area contributed by atoms with Crippen molar-refractivity contribution >= 4 is 27.0 Å². The SMILES string of the molecule is Cc1cnc2c(c1)S(=O)(=O)N(Cc1cc(C(c3cc4cc(C)nnc4n3C)C(C)(C)C(=O)O)ccc1C)CC1(CC1)O2. The average Bonchev–Trinajstić information content (AvgIpc) is 3.62. The van der Waals surface area contributed by atoms with E-state index >= 15 is 0 Å². The lowest BCUT2D eigenvalue weighted by Gasteiger charge is -2.32. The van der Waals surface area contributed by atoms with Gasteiger partial charge in [0.15, 0.2) is 5.65 Å². The fourth-order valence-electron chi connectivity index (χ4n) is 5.95. The highest BCUT2D eigenvalue weighted by Crippen LogP contribution is 2.47. The lowest BCUT2D eigenvalue weighted by atomic mass is 9.72. The molecule has 1 saturated carbocycles. The van der Waals surface area contributed by atoms with E-state index in [1.54, 1.807) is 26.1 Å². The molecule has 0 saturated heterocycles. The van der Waals surface area contributed by atoms with Gasteiger partial charge in [-0.15, -0.1) is 5.10 Å². The minimum absolute atomic E-state index is 0.0804. The molecule has 4 aromatic rings. The summed E-state index contributed by atoms with van der Waals surface area (Å²) >= 11 is 0. The number of hydrogen-bond acceptors (Lipinski definition) is 7. The number of aromatic nitrogens is 4. The molecule has 1 aliphatic carbocycles. The normalized spacial score (nSPS) is 18.3. The summed E-state index contributed by atoms with van der Waals surface area (Å²) in [5.41, 5.74) is 3.68. The third kappa shape index (κ3) is 4.64. The molecule has 42 heavy (non-hydrogen) atoms. The summed E-state index contributed by atoms with van der Waals surface area (Å²) in [5.74, 6) is -1.34. The number of carboxylic acids is 1. The van der Waals surface area contributed by atoms with E-state index in [1.807, 2.05) is 62.7 Å². The zero-order valence-corrected chi connectivity index (χ0v) is 25.5. The molecule has 11 heteroatoms. The summed E-state index contributed by atoms with van der Waals surface area (Å²) in [6.07, 6.45) is 3.13. The highest BCUT2D eigenvalue weighted by Gasteiger charge is 2.52. The number of carboxylic acid groups (broad SMARTS) is 1. The molecule has 1 fully saturated rings. The first-order valence-electron chi connectivity index (χ1n) is 14.0. The van der Waals surface area contributed by atoms with E-state index in [0.717, 1.165) is 51.9 Å². The topological polar surface area (TPSA) is 128 Å². The first-order valence-corrected chi connectivity index (χ1v) is 15.4. The second-order valence-corrected chi connectivity index (χ2v) is 14.3. The van der Waals surface area contributed by atoms with Crippen molar-refractivity contribution in [1.82, 2.24) is 24.1 Å². The van der Waals surface area contributed by atoms with Gasteiger partial charge in [0.25, 0.3) is 0 Å². The molecule has 10 nitrogen and oxygen atoms in total. The van der Waals surface area contributed by atoms with E-state index in [4.69, 9.17) is 4.74 Å². The molecule has 0 bridgehead atoms. The largest absolute Gasteiger partial charge is 0.481 e. The molecule has 0 amide bonds. The summed E-state index contributed by atoms with van der Waals surface area (Å²) in [6.45, 7) is 9.40. The van der Waals surface area contributed by atoms with E-state index in [1.165, 1.54) is 4.31 Å². The van der Waals surface area contributed by atoms with Crippen LogP contribution in [-0.4, -0.2) is 55.7 Å². The van der Waals surface area contributed by atoms with Crippen LogP contribution in [0.2, 0.25) is 0 Å². The van der Waals surface area contributed by atoms with Gasteiger partial charge < -0.3 is 14.4 Å². The highest BCUT2D eigenvalue weighted by atomic mass is 32.2. The maximum absolute atomic E-state index is 14.0. The quantitative estimate of drug-likeness (QED) is 0.344. The molecule has 0 radical (unpaired) electrons. The molecule has 1 atom stereocenters. The van der Waals surface area contributed by atoms with Gasteiger partial charge in [0.1, 0.15) is 10.5 Å². The Morgan fingerprint density at radius 1 is 1.12 bits per heavy atom. The van der Waals surface area contributed by atoms with Gasteiger partial charge >= 0.3 is 5.97 Å². The fourth-order valence-corrected chi connectivity index (χ4v) is 7.59. The molecule has 1 spiro atoms. The number of fused-ring (bicyclic) bond motifs is 2. The Labute approximate surface area is 245 Å². The molecule has 2 aliphatic rings. The summed E-state index contributed by atoms with van der Waals surface area (Å²) in [6, 6.07) is 11.4. The zero-order valence-electron chi connectivity index (χ0n) is 24.7. The van der Waals surface area contributed by atoms with Crippen LogP contribution in [0.3, 0.4) is 0 Å². The minimum atomic E-state index is -3.91. The molecule has 1 unspecified atom stereocenters. The number of aliphatic carboxylic acids is 1. The number of nitrogens with zero attached hydrogens (tertiary/aromatic N) is 5. The van der Waals surface area contributed by atoms with Crippen LogP contribution in [0, 0.1) is 26.2 Å². The van der Waals surface area contributed by atoms with E-state index in [-0.39, 0.29) is 23.9 Å². The molecular formula is C31H35N5O5S. The molecule has 1 aliphatic heterocycles.